The zero-order chi connectivity index (χ0) is 22.5. The summed E-state index contributed by atoms with van der Waals surface area (Å²) in [5.41, 5.74) is 3.29. The highest BCUT2D eigenvalue weighted by molar-refractivity contribution is 6.07. The van der Waals surface area contributed by atoms with E-state index in [-0.39, 0.29) is 12.7 Å². The minimum absolute atomic E-state index is 0.252. The van der Waals surface area contributed by atoms with Crippen LogP contribution in [-0.4, -0.2) is 28.8 Å². The number of rotatable bonds is 8. The van der Waals surface area contributed by atoms with E-state index in [1.54, 1.807) is 24.4 Å². The molecule has 168 valence electrons. The minimum atomic E-state index is -0.252. The molecule has 7 heteroatoms. The first-order valence-electron chi connectivity index (χ1n) is 11.2. The van der Waals surface area contributed by atoms with Gasteiger partial charge >= 0.3 is 0 Å². The summed E-state index contributed by atoms with van der Waals surface area (Å²) in [4.78, 5) is 21.1. The van der Waals surface area contributed by atoms with E-state index in [4.69, 9.17) is 13.9 Å². The Kier molecular flexibility index (Phi) is 6.30. The normalized spacial score (nSPS) is 13.9. The lowest BCUT2D eigenvalue weighted by Gasteiger charge is -2.12. The molecule has 2 aromatic carbocycles. The van der Waals surface area contributed by atoms with Crippen LogP contribution in [0.3, 0.4) is 0 Å². The Hall–Kier alpha value is -3.71. The number of nitrogens with one attached hydrogen (secondary N) is 1. The number of oxazole rings is 1. The van der Waals surface area contributed by atoms with E-state index in [2.05, 4.69) is 15.3 Å². The molecule has 1 amide bonds. The molecule has 1 aliphatic rings. The van der Waals surface area contributed by atoms with Crippen LogP contribution >= 0.6 is 0 Å². The first kappa shape index (κ1) is 21.2. The molecule has 5 rings (SSSR count). The smallest absolute Gasteiger partial charge is 0.257 e. The van der Waals surface area contributed by atoms with Crippen molar-refractivity contribution in [3.05, 3.63) is 84.0 Å². The molecule has 0 unspecified atom stereocenters. The number of fused-ring (bicyclic) bond motifs is 1. The molecule has 2 heterocycles. The third-order valence-corrected chi connectivity index (χ3v) is 5.72. The van der Waals surface area contributed by atoms with Gasteiger partial charge in [0.2, 0.25) is 0 Å². The van der Waals surface area contributed by atoms with Crippen LogP contribution in [0.25, 0.3) is 11.1 Å². The summed E-state index contributed by atoms with van der Waals surface area (Å²) in [6.45, 7) is 0.261. The average Bonchev–Trinajstić information content (AvgIpc) is 3.50. The van der Waals surface area contributed by atoms with Gasteiger partial charge in [-0.05, 0) is 54.8 Å². The molecular formula is C26H25N3O4. The van der Waals surface area contributed by atoms with E-state index in [9.17, 15) is 4.79 Å². The van der Waals surface area contributed by atoms with Crippen LogP contribution in [0.4, 0.5) is 5.69 Å². The lowest BCUT2D eigenvalue weighted by molar-refractivity contribution is -0.0325. The van der Waals surface area contributed by atoms with Gasteiger partial charge in [-0.1, -0.05) is 31.0 Å². The van der Waals surface area contributed by atoms with E-state index < -0.39 is 0 Å². The van der Waals surface area contributed by atoms with Gasteiger partial charge in [-0.3, -0.25) is 9.78 Å². The third kappa shape index (κ3) is 5.21. The SMILES string of the molecule is O=C(Nc1cccc2nc(Cc3cccc(OCOC4CCCC4)c3)oc12)c1cccnc1. The summed E-state index contributed by atoms with van der Waals surface area (Å²) in [6, 6.07) is 16.8. The van der Waals surface area contributed by atoms with Crippen LogP contribution in [-0.2, 0) is 11.2 Å². The van der Waals surface area contributed by atoms with Crippen molar-refractivity contribution in [3.63, 3.8) is 0 Å². The van der Waals surface area contributed by atoms with E-state index in [0.29, 0.717) is 40.8 Å². The monoisotopic (exact) mass is 443 g/mol. The van der Waals surface area contributed by atoms with Crippen LogP contribution in [0, 0.1) is 0 Å². The first-order valence-corrected chi connectivity index (χ1v) is 11.2. The van der Waals surface area contributed by atoms with Gasteiger partial charge in [0.25, 0.3) is 5.91 Å². The predicted molar refractivity (Wildman–Crippen MR) is 124 cm³/mol. The maximum Gasteiger partial charge on any atom is 0.257 e. The Morgan fingerprint density at radius 2 is 1.97 bits per heavy atom. The summed E-state index contributed by atoms with van der Waals surface area (Å²) in [6.07, 6.45) is 8.68. The van der Waals surface area contributed by atoms with Crippen molar-refractivity contribution < 1.29 is 18.7 Å². The van der Waals surface area contributed by atoms with Crippen LogP contribution in [0.2, 0.25) is 0 Å². The molecule has 0 radical (unpaired) electrons. The fourth-order valence-electron chi connectivity index (χ4n) is 4.03. The number of nitrogens with zero attached hydrogens (tertiary/aromatic N) is 2. The Labute approximate surface area is 191 Å². The molecule has 0 atom stereocenters. The molecule has 33 heavy (non-hydrogen) atoms. The fourth-order valence-corrected chi connectivity index (χ4v) is 4.03. The van der Waals surface area contributed by atoms with E-state index in [1.807, 2.05) is 36.4 Å². The maximum atomic E-state index is 12.5. The molecule has 4 aromatic rings. The number of aromatic nitrogens is 2. The second kappa shape index (κ2) is 9.83. The summed E-state index contributed by atoms with van der Waals surface area (Å²) < 4.78 is 17.6. The highest BCUT2D eigenvalue weighted by Gasteiger charge is 2.16. The van der Waals surface area contributed by atoms with Crippen molar-refractivity contribution in [2.45, 2.75) is 38.2 Å². The van der Waals surface area contributed by atoms with Crippen LogP contribution < -0.4 is 10.1 Å². The van der Waals surface area contributed by atoms with E-state index in [1.165, 1.54) is 19.0 Å². The summed E-state index contributed by atoms with van der Waals surface area (Å²) >= 11 is 0. The van der Waals surface area contributed by atoms with Crippen molar-refractivity contribution >= 4 is 22.7 Å². The lowest BCUT2D eigenvalue weighted by Crippen LogP contribution is -2.12. The molecule has 7 nitrogen and oxygen atoms in total. The third-order valence-electron chi connectivity index (χ3n) is 5.72. The van der Waals surface area contributed by atoms with Crippen LogP contribution in [0.15, 0.2) is 71.4 Å². The Balaban J connectivity index is 1.27. The standard InChI is InChI=1S/C26H25N3O4/c30-26(19-7-5-13-27-16-19)29-23-12-4-11-22-25(23)33-24(28-22)15-18-6-3-10-21(14-18)32-17-31-20-8-1-2-9-20/h3-7,10-14,16,20H,1-2,8-9,15,17H2,(H,29,30). The van der Waals surface area contributed by atoms with Crippen molar-refractivity contribution in [3.8, 4) is 5.75 Å². The topological polar surface area (TPSA) is 86.5 Å². The number of para-hydroxylation sites is 1. The Morgan fingerprint density at radius 1 is 1.09 bits per heavy atom. The summed E-state index contributed by atoms with van der Waals surface area (Å²) in [7, 11) is 0. The lowest BCUT2D eigenvalue weighted by atomic mass is 10.1. The average molecular weight is 444 g/mol. The number of ether oxygens (including phenoxy) is 2. The van der Waals surface area contributed by atoms with Gasteiger partial charge in [0.15, 0.2) is 18.3 Å². The van der Waals surface area contributed by atoms with Gasteiger partial charge < -0.3 is 19.2 Å². The number of anilines is 1. The maximum absolute atomic E-state index is 12.5. The molecule has 0 saturated heterocycles. The van der Waals surface area contributed by atoms with Crippen LogP contribution in [0.5, 0.6) is 5.75 Å². The fraction of sp³-hybridized carbons (Fsp3) is 0.269. The van der Waals surface area contributed by atoms with E-state index >= 15 is 0 Å². The highest BCUT2D eigenvalue weighted by Crippen LogP contribution is 2.27. The number of hydrogen-bond donors (Lipinski definition) is 1. The minimum Gasteiger partial charge on any atom is -0.468 e. The van der Waals surface area contributed by atoms with Gasteiger partial charge in [-0.25, -0.2) is 4.98 Å². The Morgan fingerprint density at radius 3 is 2.82 bits per heavy atom. The van der Waals surface area contributed by atoms with Crippen molar-refractivity contribution in [1.82, 2.24) is 9.97 Å². The molecule has 1 fully saturated rings. The van der Waals surface area contributed by atoms with Crippen molar-refractivity contribution in [1.29, 1.82) is 0 Å². The highest BCUT2D eigenvalue weighted by atomic mass is 16.7. The molecule has 0 bridgehead atoms. The molecule has 1 aliphatic carbocycles. The quantitative estimate of drug-likeness (QED) is 0.369. The van der Waals surface area contributed by atoms with Crippen molar-refractivity contribution in [2.75, 3.05) is 12.1 Å². The number of pyridine rings is 1. The largest absolute Gasteiger partial charge is 0.468 e. The number of carbonyl (C=O) groups excluding carboxylic acids is 1. The Bertz CT molecular complexity index is 1230. The molecular weight excluding hydrogens is 418 g/mol. The molecule has 0 spiro atoms. The van der Waals surface area contributed by atoms with E-state index in [0.717, 1.165) is 24.2 Å². The first-order chi connectivity index (χ1) is 16.2. The number of hydrogen-bond acceptors (Lipinski definition) is 6. The molecule has 1 N–H and O–H groups in total. The summed E-state index contributed by atoms with van der Waals surface area (Å²) in [5, 5.41) is 2.89. The number of benzene rings is 2. The molecule has 1 saturated carbocycles. The number of amides is 1. The second-order valence-corrected chi connectivity index (χ2v) is 8.12. The van der Waals surface area contributed by atoms with Gasteiger partial charge in [-0.15, -0.1) is 0 Å². The van der Waals surface area contributed by atoms with Gasteiger partial charge in [0.05, 0.1) is 17.4 Å². The zero-order valence-corrected chi connectivity index (χ0v) is 18.2. The predicted octanol–water partition coefficient (Wildman–Crippen LogP) is 5.36. The van der Waals surface area contributed by atoms with Gasteiger partial charge in [-0.2, -0.15) is 0 Å². The number of carbonyl (C=O) groups is 1. The van der Waals surface area contributed by atoms with Crippen LogP contribution in [0.1, 0.15) is 47.5 Å². The molecule has 2 aromatic heterocycles. The summed E-state index contributed by atoms with van der Waals surface area (Å²) in [5.74, 6) is 1.07. The zero-order valence-electron chi connectivity index (χ0n) is 18.2. The van der Waals surface area contributed by atoms with Gasteiger partial charge in [0, 0.05) is 18.8 Å². The second-order valence-electron chi connectivity index (χ2n) is 8.12. The van der Waals surface area contributed by atoms with Gasteiger partial charge in [0.1, 0.15) is 11.3 Å². The molecule has 0 aliphatic heterocycles. The van der Waals surface area contributed by atoms with Crippen molar-refractivity contribution in [2.24, 2.45) is 0 Å².